The predicted octanol–water partition coefficient (Wildman–Crippen LogP) is 3.58. The number of hydrogen-bond acceptors (Lipinski definition) is 5. The zero-order chi connectivity index (χ0) is 18.9. The van der Waals surface area contributed by atoms with E-state index in [1.54, 1.807) is 25.3 Å². The number of aromatic hydroxyl groups is 1. The molecule has 2 rings (SSSR count). The van der Waals surface area contributed by atoms with Gasteiger partial charge >= 0.3 is 0 Å². The lowest BCUT2D eigenvalue weighted by molar-refractivity contribution is -0.124. The van der Waals surface area contributed by atoms with Crippen LogP contribution in [0.25, 0.3) is 6.08 Å². The van der Waals surface area contributed by atoms with Crippen molar-refractivity contribution < 1.29 is 24.2 Å². The Labute approximate surface area is 152 Å². The molecule has 0 amide bonds. The number of benzene rings is 2. The number of phenols is 1. The highest BCUT2D eigenvalue weighted by atomic mass is 16.5. The first kappa shape index (κ1) is 19.2. The molecule has 2 aromatic rings. The van der Waals surface area contributed by atoms with Gasteiger partial charge < -0.3 is 14.6 Å². The number of Topliss-reactive ketones (excluding diaryl/α,β-unsaturated/α-hetero) is 1. The molecule has 0 radical (unpaired) electrons. The number of hydrogen-bond donors (Lipinski definition) is 1. The number of methoxy groups -OCH3 is 2. The fourth-order valence-electron chi connectivity index (χ4n) is 2.44. The lowest BCUT2D eigenvalue weighted by atomic mass is 10.0. The average Bonchev–Trinajstić information content (AvgIpc) is 2.66. The van der Waals surface area contributed by atoms with Crippen molar-refractivity contribution in [2.24, 2.45) is 0 Å². The standard InChI is InChI=1S/C21H22O5/c1-25-19-5-3-4-15(12-19)6-9-17(22)14-18(23)10-7-16-8-11-20(24)21(13-16)26-2/h3-5,7-8,10-13,24H,6,9,14H2,1-2H3/b10-7+. The molecule has 0 saturated heterocycles. The number of carbonyl (C=O) groups is 2. The van der Waals surface area contributed by atoms with Gasteiger partial charge in [0.05, 0.1) is 20.6 Å². The van der Waals surface area contributed by atoms with E-state index in [4.69, 9.17) is 9.47 Å². The summed E-state index contributed by atoms with van der Waals surface area (Å²) in [5.41, 5.74) is 1.70. The fraction of sp³-hybridized carbons (Fsp3) is 0.238. The lowest BCUT2D eigenvalue weighted by Crippen LogP contribution is -2.06. The molecule has 0 aliphatic heterocycles. The summed E-state index contributed by atoms with van der Waals surface area (Å²) in [6, 6.07) is 12.3. The van der Waals surface area contributed by atoms with Crippen LogP contribution in [0.1, 0.15) is 24.0 Å². The quantitative estimate of drug-likeness (QED) is 0.550. The van der Waals surface area contributed by atoms with Gasteiger partial charge in [-0.05, 0) is 47.9 Å². The number of ether oxygens (including phenoxy) is 2. The van der Waals surface area contributed by atoms with Crippen LogP contribution in [0.15, 0.2) is 48.5 Å². The van der Waals surface area contributed by atoms with E-state index in [2.05, 4.69) is 0 Å². The van der Waals surface area contributed by atoms with Crippen LogP contribution < -0.4 is 9.47 Å². The maximum Gasteiger partial charge on any atom is 0.163 e. The third-order valence-corrected chi connectivity index (χ3v) is 3.86. The van der Waals surface area contributed by atoms with E-state index in [1.807, 2.05) is 24.3 Å². The second-order valence-corrected chi connectivity index (χ2v) is 5.80. The van der Waals surface area contributed by atoms with Crippen molar-refractivity contribution >= 4 is 17.6 Å². The molecule has 26 heavy (non-hydrogen) atoms. The monoisotopic (exact) mass is 354 g/mol. The van der Waals surface area contributed by atoms with Gasteiger partial charge in [0.15, 0.2) is 17.3 Å². The van der Waals surface area contributed by atoms with Crippen LogP contribution in [-0.4, -0.2) is 30.9 Å². The molecule has 0 saturated carbocycles. The summed E-state index contributed by atoms with van der Waals surface area (Å²) in [4.78, 5) is 24.0. The predicted molar refractivity (Wildman–Crippen MR) is 99.6 cm³/mol. The highest BCUT2D eigenvalue weighted by Crippen LogP contribution is 2.26. The van der Waals surface area contributed by atoms with Gasteiger partial charge in [-0.3, -0.25) is 9.59 Å². The summed E-state index contributed by atoms with van der Waals surface area (Å²) in [5, 5.41) is 9.55. The molecule has 0 aliphatic carbocycles. The molecule has 136 valence electrons. The molecule has 0 spiro atoms. The second-order valence-electron chi connectivity index (χ2n) is 5.80. The highest BCUT2D eigenvalue weighted by molar-refractivity contribution is 6.06. The fourth-order valence-corrected chi connectivity index (χ4v) is 2.44. The van der Waals surface area contributed by atoms with Crippen LogP contribution in [0.2, 0.25) is 0 Å². The van der Waals surface area contributed by atoms with Crippen LogP contribution >= 0.6 is 0 Å². The van der Waals surface area contributed by atoms with Crippen molar-refractivity contribution in [1.29, 1.82) is 0 Å². The molecule has 0 fully saturated rings. The molecular formula is C21H22O5. The van der Waals surface area contributed by atoms with Gasteiger partial charge in [0.25, 0.3) is 0 Å². The topological polar surface area (TPSA) is 72.8 Å². The SMILES string of the molecule is COc1cccc(CCC(=O)CC(=O)/C=C/c2ccc(O)c(OC)c2)c1. The Hall–Kier alpha value is -3.08. The number of phenolic OH excluding ortho intramolecular Hbond substituents is 1. The summed E-state index contributed by atoms with van der Waals surface area (Å²) < 4.78 is 10.2. The van der Waals surface area contributed by atoms with Gasteiger partial charge in [-0.15, -0.1) is 0 Å². The summed E-state index contributed by atoms with van der Waals surface area (Å²) in [6.45, 7) is 0. The van der Waals surface area contributed by atoms with E-state index in [-0.39, 0.29) is 23.7 Å². The molecule has 0 heterocycles. The smallest absolute Gasteiger partial charge is 0.163 e. The minimum Gasteiger partial charge on any atom is -0.504 e. The number of rotatable bonds is 9. The van der Waals surface area contributed by atoms with Crippen molar-refractivity contribution in [2.45, 2.75) is 19.3 Å². The van der Waals surface area contributed by atoms with E-state index >= 15 is 0 Å². The largest absolute Gasteiger partial charge is 0.504 e. The molecule has 0 atom stereocenters. The average molecular weight is 354 g/mol. The van der Waals surface area contributed by atoms with Crippen molar-refractivity contribution in [3.8, 4) is 17.2 Å². The molecule has 2 aromatic carbocycles. The Kier molecular flexibility index (Phi) is 6.97. The minimum atomic E-state index is -0.257. The van der Waals surface area contributed by atoms with E-state index in [0.717, 1.165) is 11.3 Å². The van der Waals surface area contributed by atoms with E-state index in [0.29, 0.717) is 24.2 Å². The summed E-state index contributed by atoms with van der Waals surface area (Å²) in [5.74, 6) is 0.745. The number of aryl methyl sites for hydroxylation is 1. The van der Waals surface area contributed by atoms with E-state index in [9.17, 15) is 14.7 Å². The van der Waals surface area contributed by atoms with Crippen LogP contribution in [0, 0.1) is 0 Å². The van der Waals surface area contributed by atoms with Gasteiger partial charge in [0.2, 0.25) is 0 Å². The maximum absolute atomic E-state index is 12.0. The van der Waals surface area contributed by atoms with Gasteiger partial charge in [-0.1, -0.05) is 24.3 Å². The Bertz CT molecular complexity index is 808. The van der Waals surface area contributed by atoms with Crippen LogP contribution in [0.3, 0.4) is 0 Å². The zero-order valence-electron chi connectivity index (χ0n) is 14.9. The van der Waals surface area contributed by atoms with E-state index in [1.165, 1.54) is 19.3 Å². The summed E-state index contributed by atoms with van der Waals surface area (Å²) in [7, 11) is 3.05. The number of allylic oxidation sites excluding steroid dienone is 1. The van der Waals surface area contributed by atoms with Crippen molar-refractivity contribution in [3.63, 3.8) is 0 Å². The first-order chi connectivity index (χ1) is 12.5. The molecule has 0 aliphatic rings. The van der Waals surface area contributed by atoms with Crippen LogP contribution in [0.4, 0.5) is 0 Å². The van der Waals surface area contributed by atoms with E-state index < -0.39 is 0 Å². The molecule has 0 aromatic heterocycles. The second kappa shape index (κ2) is 9.42. The lowest BCUT2D eigenvalue weighted by Gasteiger charge is -2.04. The zero-order valence-corrected chi connectivity index (χ0v) is 14.9. The first-order valence-corrected chi connectivity index (χ1v) is 8.24. The van der Waals surface area contributed by atoms with Crippen molar-refractivity contribution in [1.82, 2.24) is 0 Å². The third-order valence-electron chi connectivity index (χ3n) is 3.86. The Morgan fingerprint density at radius 3 is 2.62 bits per heavy atom. The summed E-state index contributed by atoms with van der Waals surface area (Å²) in [6.07, 6.45) is 3.71. The number of ketones is 2. The highest BCUT2D eigenvalue weighted by Gasteiger charge is 2.08. The normalized spacial score (nSPS) is 10.7. The Balaban J connectivity index is 1.85. The third kappa shape index (κ3) is 5.77. The van der Waals surface area contributed by atoms with Crippen molar-refractivity contribution in [3.05, 3.63) is 59.7 Å². The van der Waals surface area contributed by atoms with Gasteiger partial charge in [0.1, 0.15) is 11.5 Å². The molecule has 0 bridgehead atoms. The van der Waals surface area contributed by atoms with Crippen molar-refractivity contribution in [2.75, 3.05) is 14.2 Å². The van der Waals surface area contributed by atoms with Crippen LogP contribution in [0.5, 0.6) is 17.2 Å². The maximum atomic E-state index is 12.0. The molecule has 0 unspecified atom stereocenters. The molecule has 5 nitrogen and oxygen atoms in total. The number of carbonyl (C=O) groups excluding carboxylic acids is 2. The van der Waals surface area contributed by atoms with Gasteiger partial charge in [-0.2, -0.15) is 0 Å². The Morgan fingerprint density at radius 2 is 1.88 bits per heavy atom. The van der Waals surface area contributed by atoms with Gasteiger partial charge in [-0.25, -0.2) is 0 Å². The van der Waals surface area contributed by atoms with Crippen LogP contribution in [-0.2, 0) is 16.0 Å². The minimum absolute atomic E-state index is 0.0312. The van der Waals surface area contributed by atoms with Gasteiger partial charge in [0, 0.05) is 6.42 Å². The molecule has 1 N–H and O–H groups in total. The molecular weight excluding hydrogens is 332 g/mol. The molecule has 5 heteroatoms. The first-order valence-electron chi connectivity index (χ1n) is 8.24. The Morgan fingerprint density at radius 1 is 1.08 bits per heavy atom. The summed E-state index contributed by atoms with van der Waals surface area (Å²) >= 11 is 0.